The van der Waals surface area contributed by atoms with E-state index >= 15 is 0 Å². The van der Waals surface area contributed by atoms with E-state index in [1.54, 1.807) is 18.3 Å². The number of nitrogens with one attached hydrogen (secondary N) is 1. The fraction of sp³-hybridized carbons (Fsp3) is 0.345. The Morgan fingerprint density at radius 2 is 1.78 bits per heavy atom. The van der Waals surface area contributed by atoms with Gasteiger partial charge in [0.05, 0.1) is 16.5 Å². The Bertz CT molecular complexity index is 1460. The minimum atomic E-state index is -1.83. The molecule has 0 aliphatic carbocycles. The zero-order valence-electron chi connectivity index (χ0n) is 22.0. The van der Waals surface area contributed by atoms with Crippen LogP contribution in [0.15, 0.2) is 71.7 Å². The predicted molar refractivity (Wildman–Crippen MR) is 149 cm³/mol. The van der Waals surface area contributed by atoms with Gasteiger partial charge < -0.3 is 9.74 Å². The first-order valence-electron chi connectivity index (χ1n) is 12.4. The minimum Gasteiger partial charge on any atom is -0.417 e. The van der Waals surface area contributed by atoms with Crippen LogP contribution in [0.1, 0.15) is 44.5 Å². The molecule has 1 unspecified atom stereocenters. The molecule has 36 heavy (non-hydrogen) atoms. The third kappa shape index (κ3) is 5.27. The number of pyridine rings is 1. The molecular weight excluding hydrogens is 466 g/mol. The summed E-state index contributed by atoms with van der Waals surface area (Å²) < 4.78 is 7.71. The van der Waals surface area contributed by atoms with Crippen LogP contribution in [0.25, 0.3) is 27.7 Å². The molecule has 0 radical (unpaired) electrons. The molecule has 0 aliphatic rings. The second-order valence-corrected chi connectivity index (χ2v) is 15.7. The quantitative estimate of drug-likeness (QED) is 0.247. The van der Waals surface area contributed by atoms with Gasteiger partial charge >= 0.3 is 0 Å². The van der Waals surface area contributed by atoms with Crippen LogP contribution in [-0.4, -0.2) is 36.3 Å². The topological polar surface area (TPSA) is 72.7 Å². The van der Waals surface area contributed by atoms with Gasteiger partial charge in [0.15, 0.2) is 14.0 Å². The van der Waals surface area contributed by atoms with Gasteiger partial charge in [0.25, 0.3) is 11.5 Å². The lowest BCUT2D eigenvalue weighted by atomic mass is 10.0. The normalized spacial score (nSPS) is 13.2. The largest absolute Gasteiger partial charge is 0.417 e. The van der Waals surface area contributed by atoms with Crippen molar-refractivity contribution >= 4 is 30.8 Å². The molecule has 0 bridgehead atoms. The molecule has 0 saturated carbocycles. The van der Waals surface area contributed by atoms with Crippen molar-refractivity contribution in [2.45, 2.75) is 58.3 Å². The Kier molecular flexibility index (Phi) is 7.16. The molecule has 1 N–H and O–H groups in total. The van der Waals surface area contributed by atoms with Gasteiger partial charge in [-0.3, -0.25) is 14.0 Å². The lowest BCUT2D eigenvalue weighted by Crippen LogP contribution is -2.42. The van der Waals surface area contributed by atoms with Gasteiger partial charge in [-0.15, -0.1) is 0 Å². The Morgan fingerprint density at radius 1 is 1.06 bits per heavy atom. The second-order valence-electron chi connectivity index (χ2n) is 10.9. The van der Waals surface area contributed by atoms with Crippen LogP contribution >= 0.6 is 0 Å². The van der Waals surface area contributed by atoms with Gasteiger partial charge in [0.2, 0.25) is 0 Å². The molecule has 2 heterocycles. The van der Waals surface area contributed by atoms with Gasteiger partial charge in [-0.2, -0.15) is 0 Å². The average molecular weight is 502 g/mol. The summed E-state index contributed by atoms with van der Waals surface area (Å²) >= 11 is 0. The lowest BCUT2D eigenvalue weighted by molar-refractivity contribution is 0.0936. The monoisotopic (exact) mass is 501 g/mol. The molecule has 6 nitrogen and oxygen atoms in total. The van der Waals surface area contributed by atoms with Crippen LogP contribution in [0, 0.1) is 0 Å². The van der Waals surface area contributed by atoms with Crippen molar-refractivity contribution in [3.05, 3.63) is 82.8 Å². The zero-order chi connectivity index (χ0) is 26.1. The van der Waals surface area contributed by atoms with Gasteiger partial charge in [0, 0.05) is 18.8 Å². The number of hydrogen-bond acceptors (Lipinski definition) is 4. The summed E-state index contributed by atoms with van der Waals surface area (Å²) in [7, 11) is -1.83. The maximum Gasteiger partial charge on any atom is 0.265 e. The Labute approximate surface area is 213 Å². The predicted octanol–water partition coefficient (Wildman–Crippen LogP) is 6.04. The van der Waals surface area contributed by atoms with E-state index in [-0.39, 0.29) is 22.5 Å². The highest BCUT2D eigenvalue weighted by atomic mass is 28.4. The van der Waals surface area contributed by atoms with Crippen LogP contribution in [0.5, 0.6) is 0 Å². The smallest absolute Gasteiger partial charge is 0.265 e. The molecule has 4 rings (SSSR count). The standard InChI is InChI=1S/C29H35N3O3Si/c1-20(16-18-35-36(5,6)29(2,3)4)30-27(33)23-13-10-17-32-26(23)31-25-15-14-22(19-24(25)28(32)34)21-11-8-7-9-12-21/h7-15,17,19-20H,16,18H2,1-6H3,(H,30,33). The molecule has 2 aromatic carbocycles. The maximum absolute atomic E-state index is 13.4. The SMILES string of the molecule is CC(CCO[Si](C)(C)C(C)(C)C)NC(=O)c1cccn2c(=O)c3cc(-c4ccccc4)ccc3nc12. The van der Waals surface area contributed by atoms with Crippen LogP contribution in [-0.2, 0) is 4.43 Å². The van der Waals surface area contributed by atoms with Crippen molar-refractivity contribution in [2.24, 2.45) is 0 Å². The van der Waals surface area contributed by atoms with Crippen molar-refractivity contribution in [3.63, 3.8) is 0 Å². The van der Waals surface area contributed by atoms with Crippen LogP contribution in [0.3, 0.4) is 0 Å². The highest BCUT2D eigenvalue weighted by Gasteiger charge is 2.37. The molecule has 0 fully saturated rings. The number of amides is 1. The molecule has 4 aromatic rings. The summed E-state index contributed by atoms with van der Waals surface area (Å²) in [5.41, 5.74) is 3.08. The Hall–Kier alpha value is -3.29. The first-order chi connectivity index (χ1) is 17.0. The molecule has 0 aliphatic heterocycles. The molecule has 1 amide bonds. The first kappa shape index (κ1) is 25.8. The minimum absolute atomic E-state index is 0.0804. The highest BCUT2D eigenvalue weighted by Crippen LogP contribution is 2.36. The van der Waals surface area contributed by atoms with Gasteiger partial charge in [-0.25, -0.2) is 4.98 Å². The van der Waals surface area contributed by atoms with Crippen LogP contribution < -0.4 is 10.9 Å². The van der Waals surface area contributed by atoms with Crippen LogP contribution in [0.4, 0.5) is 0 Å². The number of benzene rings is 2. The van der Waals surface area contributed by atoms with Crippen molar-refractivity contribution < 1.29 is 9.22 Å². The summed E-state index contributed by atoms with van der Waals surface area (Å²) in [6.07, 6.45) is 2.37. The summed E-state index contributed by atoms with van der Waals surface area (Å²) in [5, 5.41) is 3.71. The van der Waals surface area contributed by atoms with E-state index in [0.717, 1.165) is 11.1 Å². The van der Waals surface area contributed by atoms with Crippen molar-refractivity contribution in [1.29, 1.82) is 0 Å². The molecular formula is C29H35N3O3Si. The third-order valence-corrected chi connectivity index (χ3v) is 11.7. The Balaban J connectivity index is 1.57. The fourth-order valence-electron chi connectivity index (χ4n) is 3.90. The second kappa shape index (κ2) is 9.99. The van der Waals surface area contributed by atoms with Gasteiger partial charge in [-0.1, -0.05) is 57.2 Å². The number of nitrogens with zero attached hydrogens (tertiary/aromatic N) is 2. The maximum atomic E-state index is 13.4. The van der Waals surface area contributed by atoms with Crippen molar-refractivity contribution in [3.8, 4) is 11.1 Å². The van der Waals surface area contributed by atoms with Gasteiger partial charge in [-0.05, 0) is 66.9 Å². The van der Waals surface area contributed by atoms with Gasteiger partial charge in [0.1, 0.15) is 0 Å². The Morgan fingerprint density at radius 3 is 2.47 bits per heavy atom. The van der Waals surface area contributed by atoms with Crippen molar-refractivity contribution in [2.75, 3.05) is 6.61 Å². The number of carbonyl (C=O) groups excluding carboxylic acids is 1. The number of rotatable bonds is 7. The van der Waals surface area contributed by atoms with Crippen molar-refractivity contribution in [1.82, 2.24) is 14.7 Å². The van der Waals surface area contributed by atoms with E-state index in [0.29, 0.717) is 35.1 Å². The van der Waals surface area contributed by atoms with E-state index < -0.39 is 8.32 Å². The first-order valence-corrected chi connectivity index (χ1v) is 15.3. The number of carbonyl (C=O) groups is 1. The van der Waals surface area contributed by atoms with E-state index in [9.17, 15) is 9.59 Å². The highest BCUT2D eigenvalue weighted by molar-refractivity contribution is 6.74. The van der Waals surface area contributed by atoms with E-state index in [1.807, 2.05) is 55.5 Å². The summed E-state index contributed by atoms with van der Waals surface area (Å²) in [5.74, 6) is -0.250. The molecule has 1 atom stereocenters. The number of fused-ring (bicyclic) bond motifs is 2. The lowest BCUT2D eigenvalue weighted by Gasteiger charge is -2.36. The molecule has 7 heteroatoms. The summed E-state index contributed by atoms with van der Waals surface area (Å²) in [6, 6.07) is 18.9. The number of hydrogen-bond donors (Lipinski definition) is 1. The molecule has 0 saturated heterocycles. The average Bonchev–Trinajstić information content (AvgIpc) is 2.83. The van der Waals surface area contributed by atoms with E-state index in [4.69, 9.17) is 9.41 Å². The summed E-state index contributed by atoms with van der Waals surface area (Å²) in [4.78, 5) is 31.2. The molecule has 188 valence electrons. The molecule has 2 aromatic heterocycles. The van der Waals surface area contributed by atoms with E-state index in [1.165, 1.54) is 4.40 Å². The summed E-state index contributed by atoms with van der Waals surface area (Å²) in [6.45, 7) is 13.7. The third-order valence-electron chi connectivity index (χ3n) is 7.19. The van der Waals surface area contributed by atoms with Crippen LogP contribution in [0.2, 0.25) is 18.1 Å². The molecule has 0 spiro atoms. The fourth-order valence-corrected chi connectivity index (χ4v) is 4.96. The zero-order valence-corrected chi connectivity index (χ0v) is 23.0. The van der Waals surface area contributed by atoms with E-state index in [2.05, 4.69) is 39.2 Å². The number of aromatic nitrogens is 2.